The maximum Gasteiger partial charge on any atom is 0.306 e. The minimum atomic E-state index is -4.66. The molecule has 2 atom stereocenters. The maximum atomic E-state index is 12.9. The van der Waals surface area contributed by atoms with Crippen molar-refractivity contribution in [3.8, 4) is 0 Å². The molecule has 0 aromatic rings. The van der Waals surface area contributed by atoms with Crippen molar-refractivity contribution in [1.29, 1.82) is 0 Å². The summed E-state index contributed by atoms with van der Waals surface area (Å²) < 4.78 is 34.2. The minimum absolute atomic E-state index is 0.0462. The summed E-state index contributed by atoms with van der Waals surface area (Å²) in [4.78, 5) is 38.0. The van der Waals surface area contributed by atoms with Gasteiger partial charge in [-0.3, -0.25) is 14.2 Å². The van der Waals surface area contributed by atoms with Gasteiger partial charge in [0.05, 0.1) is 27.7 Å². The fourth-order valence-corrected chi connectivity index (χ4v) is 9.09. The van der Waals surface area contributed by atoms with Crippen LogP contribution in [0.25, 0.3) is 0 Å². The van der Waals surface area contributed by atoms with E-state index in [2.05, 4.69) is 196 Å². The lowest BCUT2D eigenvalue weighted by atomic mass is 10.1. The third kappa shape index (κ3) is 68.2. The lowest BCUT2D eigenvalue weighted by Crippen LogP contribution is -2.37. The van der Waals surface area contributed by atoms with Crippen molar-refractivity contribution in [2.45, 2.75) is 238 Å². The van der Waals surface area contributed by atoms with Crippen molar-refractivity contribution >= 4 is 19.8 Å². The summed E-state index contributed by atoms with van der Waals surface area (Å²) in [7, 11) is 1.12. The molecule has 9 nitrogen and oxygen atoms in total. The van der Waals surface area contributed by atoms with Crippen LogP contribution in [0.3, 0.4) is 0 Å². The van der Waals surface area contributed by atoms with Gasteiger partial charge in [0.2, 0.25) is 0 Å². The van der Waals surface area contributed by atoms with Gasteiger partial charge in [-0.2, -0.15) is 0 Å². The molecule has 2 unspecified atom stereocenters. The number of allylic oxidation sites excluding steroid dienone is 30. The number of carbonyl (C=O) groups excluding carboxylic acids is 2. The smallest absolute Gasteiger partial charge is 0.306 e. The molecule has 0 fully saturated rings. The van der Waals surface area contributed by atoms with Gasteiger partial charge in [-0.15, -0.1) is 0 Å². The van der Waals surface area contributed by atoms with Crippen LogP contribution in [0.2, 0.25) is 0 Å². The molecule has 0 heterocycles. The Kier molecular flexibility index (Phi) is 60.9. The molecule has 484 valence electrons. The Morgan fingerprint density at radius 3 is 0.930 bits per heavy atom. The molecule has 86 heavy (non-hydrogen) atoms. The summed E-state index contributed by atoms with van der Waals surface area (Å²) in [5.41, 5.74) is 0. The number of carbonyl (C=O) groups is 2. The zero-order valence-corrected chi connectivity index (χ0v) is 55.8. The predicted molar refractivity (Wildman–Crippen MR) is 369 cm³/mol. The van der Waals surface area contributed by atoms with E-state index in [4.69, 9.17) is 18.5 Å². The highest BCUT2D eigenvalue weighted by atomic mass is 31.2. The van der Waals surface area contributed by atoms with E-state index in [0.717, 1.165) is 154 Å². The lowest BCUT2D eigenvalue weighted by Gasteiger charge is -2.28. The summed E-state index contributed by atoms with van der Waals surface area (Å²) in [6.07, 6.45) is 99.5. The van der Waals surface area contributed by atoms with Crippen molar-refractivity contribution in [2.24, 2.45) is 0 Å². The predicted octanol–water partition coefficient (Wildman–Crippen LogP) is 21.3. The van der Waals surface area contributed by atoms with Gasteiger partial charge >= 0.3 is 11.9 Å². The zero-order valence-electron chi connectivity index (χ0n) is 54.9. The number of quaternary nitrogens is 1. The molecular formula is C76H122NO8P. The van der Waals surface area contributed by atoms with Crippen molar-refractivity contribution in [3.05, 3.63) is 182 Å². The zero-order chi connectivity index (χ0) is 62.6. The highest BCUT2D eigenvalue weighted by Gasteiger charge is 2.22. The number of nitrogens with zero attached hydrogens (tertiary/aromatic N) is 1. The number of rotatable bonds is 59. The molecule has 0 radical (unpaired) electrons. The van der Waals surface area contributed by atoms with Crippen molar-refractivity contribution in [2.75, 3.05) is 47.5 Å². The van der Waals surface area contributed by atoms with E-state index in [0.29, 0.717) is 23.9 Å². The minimum Gasteiger partial charge on any atom is -0.756 e. The molecule has 0 saturated heterocycles. The van der Waals surface area contributed by atoms with E-state index < -0.39 is 32.5 Å². The van der Waals surface area contributed by atoms with E-state index in [1.807, 2.05) is 21.1 Å². The Morgan fingerprint density at radius 1 is 0.360 bits per heavy atom. The van der Waals surface area contributed by atoms with Crippen LogP contribution in [0.15, 0.2) is 182 Å². The molecule has 0 aliphatic heterocycles. The molecular weight excluding hydrogens is 1090 g/mol. The molecule has 0 aromatic carbocycles. The second kappa shape index (κ2) is 64.6. The monoisotopic (exact) mass is 1210 g/mol. The molecule has 0 amide bonds. The summed E-state index contributed by atoms with van der Waals surface area (Å²) in [6.45, 7) is 3.96. The average molecular weight is 1210 g/mol. The van der Waals surface area contributed by atoms with E-state index in [1.165, 1.54) is 38.5 Å². The third-order valence-corrected chi connectivity index (χ3v) is 14.4. The Balaban J connectivity index is 4.22. The molecule has 0 aromatic heterocycles. The largest absolute Gasteiger partial charge is 0.756 e. The van der Waals surface area contributed by atoms with Gasteiger partial charge in [0.15, 0.2) is 6.10 Å². The fraction of sp³-hybridized carbons (Fsp3) is 0.579. The van der Waals surface area contributed by atoms with Crippen LogP contribution in [-0.2, 0) is 32.7 Å². The number of hydrogen-bond donors (Lipinski definition) is 0. The summed E-state index contributed by atoms with van der Waals surface area (Å²) >= 11 is 0. The number of esters is 2. The van der Waals surface area contributed by atoms with Gasteiger partial charge < -0.3 is 27.9 Å². The van der Waals surface area contributed by atoms with Crippen LogP contribution >= 0.6 is 7.82 Å². The Labute approximate surface area is 527 Å². The normalized spacial score (nSPS) is 14.3. The van der Waals surface area contributed by atoms with E-state index >= 15 is 0 Å². The lowest BCUT2D eigenvalue weighted by molar-refractivity contribution is -0.870. The first-order valence-electron chi connectivity index (χ1n) is 33.5. The number of hydrogen-bond acceptors (Lipinski definition) is 8. The standard InChI is InChI=1S/C76H122NO8P/c1-6-8-10-12-14-16-18-20-22-24-26-28-30-32-34-36-37-38-39-41-43-45-47-49-51-53-55-57-59-61-63-65-67-69-76(79)85-74(73-84-86(80,81)83-71-70-77(3,4)5)72-82-75(78)68-66-64-62-60-58-56-54-52-50-48-46-44-42-40-35-33-31-29-27-25-23-21-19-17-15-13-11-9-7-2/h8-11,14-17,20-23,26-29,32-35,37-38,41-44,47,49,53,55,74H,6-7,12-13,18-19,24-25,30-31,36,39-40,45-46,48,50-52,54,56-73H2,1-5H3/b10-8-,11-9-,16-14-,17-15-,22-20-,23-21-,28-26-,29-27-,34-32-,35-33-,38-37-,43-41-,44-42-,49-47-,55-53-. The quantitative estimate of drug-likeness (QED) is 0.0195. The van der Waals surface area contributed by atoms with E-state index in [-0.39, 0.29) is 26.1 Å². The first-order valence-corrected chi connectivity index (χ1v) is 35.0. The average Bonchev–Trinajstić information content (AvgIpc) is 3.70. The van der Waals surface area contributed by atoms with E-state index in [9.17, 15) is 19.0 Å². The number of unbranched alkanes of at least 4 members (excludes halogenated alkanes) is 15. The molecule has 10 heteroatoms. The van der Waals surface area contributed by atoms with Gasteiger partial charge in [0.1, 0.15) is 19.8 Å². The van der Waals surface area contributed by atoms with Gasteiger partial charge in [0.25, 0.3) is 7.82 Å². The summed E-state index contributed by atoms with van der Waals surface area (Å²) in [5.74, 6) is -0.874. The van der Waals surface area contributed by atoms with Crippen LogP contribution in [0.1, 0.15) is 232 Å². The third-order valence-electron chi connectivity index (χ3n) is 13.4. The number of likely N-dealkylation sites (N-methyl/N-ethyl adjacent to an activating group) is 1. The first-order chi connectivity index (χ1) is 42.0. The van der Waals surface area contributed by atoms with Gasteiger partial charge in [-0.25, -0.2) is 0 Å². The van der Waals surface area contributed by atoms with E-state index in [1.54, 1.807) is 0 Å². The maximum absolute atomic E-state index is 12.9. The molecule has 0 bridgehead atoms. The molecule has 0 N–H and O–H groups in total. The topological polar surface area (TPSA) is 111 Å². The SMILES string of the molecule is CC/C=C\C/C=C\C/C=C\C/C=C\C/C=C\C/C=C\C/C=C\C/C=C\C/C=C\CCCCCCCC(=O)OC(COC(=O)CCCCCCCCCCCC/C=C\C/C=C\C/C=C\C/C=C\C/C=C\C/C=C\CC)COP(=O)([O-])OCC[N+](C)(C)C. The van der Waals surface area contributed by atoms with Gasteiger partial charge in [0, 0.05) is 12.8 Å². The molecule has 0 aliphatic rings. The highest BCUT2D eigenvalue weighted by Crippen LogP contribution is 2.38. The van der Waals surface area contributed by atoms with Crippen molar-refractivity contribution in [1.82, 2.24) is 0 Å². The summed E-state index contributed by atoms with van der Waals surface area (Å²) in [6, 6.07) is 0. The Morgan fingerprint density at radius 2 is 0.628 bits per heavy atom. The van der Waals surface area contributed by atoms with Crippen molar-refractivity contribution in [3.63, 3.8) is 0 Å². The van der Waals surface area contributed by atoms with Gasteiger partial charge in [-0.05, 0) is 135 Å². The van der Waals surface area contributed by atoms with Crippen LogP contribution in [-0.4, -0.2) is 70.0 Å². The van der Waals surface area contributed by atoms with Crippen LogP contribution in [0, 0.1) is 0 Å². The highest BCUT2D eigenvalue weighted by molar-refractivity contribution is 7.45. The van der Waals surface area contributed by atoms with Crippen LogP contribution in [0.4, 0.5) is 0 Å². The fourth-order valence-electron chi connectivity index (χ4n) is 8.36. The number of ether oxygens (including phenoxy) is 2. The van der Waals surface area contributed by atoms with Crippen molar-refractivity contribution < 1.29 is 42.1 Å². The molecule has 0 saturated carbocycles. The number of phosphoric acid groups is 1. The Hall–Kier alpha value is -4.89. The molecule has 0 aliphatic carbocycles. The van der Waals surface area contributed by atoms with Crippen LogP contribution in [0.5, 0.6) is 0 Å². The first kappa shape index (κ1) is 81.1. The molecule has 0 rings (SSSR count). The second-order valence-electron chi connectivity index (χ2n) is 22.7. The molecule has 0 spiro atoms. The van der Waals surface area contributed by atoms with Crippen LogP contribution < -0.4 is 4.89 Å². The second-order valence-corrected chi connectivity index (χ2v) is 24.1. The summed E-state index contributed by atoms with van der Waals surface area (Å²) in [5, 5.41) is 0. The Bertz CT molecular complexity index is 2100. The number of phosphoric ester groups is 1. The van der Waals surface area contributed by atoms with Gasteiger partial charge in [-0.1, -0.05) is 267 Å².